The zero-order valence-corrected chi connectivity index (χ0v) is 11.8. The molecule has 1 fully saturated rings. The molecule has 2 atom stereocenters. The molecule has 0 aromatic heterocycles. The van der Waals surface area contributed by atoms with E-state index in [0.29, 0.717) is 18.9 Å². The van der Waals surface area contributed by atoms with Crippen LogP contribution in [0.2, 0.25) is 0 Å². The minimum absolute atomic E-state index is 0.0100. The summed E-state index contributed by atoms with van der Waals surface area (Å²) in [7, 11) is 1.66. The first-order valence-electron chi connectivity index (χ1n) is 7.20. The summed E-state index contributed by atoms with van der Waals surface area (Å²) < 4.78 is 4.96. The van der Waals surface area contributed by atoms with Gasteiger partial charge < -0.3 is 15.8 Å². The Morgan fingerprint density at radius 1 is 1.39 bits per heavy atom. The molecule has 0 heterocycles. The summed E-state index contributed by atoms with van der Waals surface area (Å²) in [5, 5.41) is 3.07. The minimum Gasteiger partial charge on any atom is -0.385 e. The van der Waals surface area contributed by atoms with Gasteiger partial charge in [-0.15, -0.1) is 0 Å². The van der Waals surface area contributed by atoms with Crippen LogP contribution in [-0.2, 0) is 9.53 Å². The van der Waals surface area contributed by atoms with Gasteiger partial charge in [0.1, 0.15) is 0 Å². The SMILES string of the molecule is COCCCC(N)C(=O)N[C@H](C)C1CCCCC1. The van der Waals surface area contributed by atoms with Gasteiger partial charge in [0, 0.05) is 19.8 Å². The Bertz CT molecular complexity index is 240. The van der Waals surface area contributed by atoms with Gasteiger partial charge in [-0.1, -0.05) is 19.3 Å². The first-order valence-corrected chi connectivity index (χ1v) is 7.20. The maximum Gasteiger partial charge on any atom is 0.237 e. The highest BCUT2D eigenvalue weighted by Gasteiger charge is 2.23. The van der Waals surface area contributed by atoms with E-state index in [9.17, 15) is 4.79 Å². The van der Waals surface area contributed by atoms with Gasteiger partial charge in [0.15, 0.2) is 0 Å². The van der Waals surface area contributed by atoms with E-state index in [2.05, 4.69) is 12.2 Å². The molecule has 4 nitrogen and oxygen atoms in total. The van der Waals surface area contributed by atoms with Gasteiger partial charge in [-0.25, -0.2) is 0 Å². The molecule has 0 spiro atoms. The van der Waals surface area contributed by atoms with Crippen LogP contribution in [0.1, 0.15) is 51.9 Å². The fourth-order valence-electron chi connectivity index (χ4n) is 2.66. The lowest BCUT2D eigenvalue weighted by Gasteiger charge is -2.29. The van der Waals surface area contributed by atoms with Crippen LogP contribution < -0.4 is 11.1 Å². The van der Waals surface area contributed by atoms with Crippen molar-refractivity contribution in [2.45, 2.75) is 64.0 Å². The standard InChI is InChI=1S/C14H28N2O2/c1-11(12-7-4-3-5-8-12)16-14(17)13(15)9-6-10-18-2/h11-13H,3-10,15H2,1-2H3,(H,16,17)/t11-,13?/m1/s1. The number of carbonyl (C=O) groups excluding carboxylic acids is 1. The molecule has 0 aliphatic heterocycles. The second kappa shape index (κ2) is 8.48. The molecule has 0 aromatic rings. The largest absolute Gasteiger partial charge is 0.385 e. The molecule has 0 radical (unpaired) electrons. The minimum atomic E-state index is -0.397. The van der Waals surface area contributed by atoms with Crippen LogP contribution in [0.3, 0.4) is 0 Å². The fraction of sp³-hybridized carbons (Fsp3) is 0.929. The second-order valence-electron chi connectivity index (χ2n) is 5.44. The van der Waals surface area contributed by atoms with Crippen LogP contribution in [0.15, 0.2) is 0 Å². The topological polar surface area (TPSA) is 64.3 Å². The highest BCUT2D eigenvalue weighted by atomic mass is 16.5. The molecule has 1 aliphatic carbocycles. The van der Waals surface area contributed by atoms with E-state index in [1.807, 2.05) is 0 Å². The molecule has 1 amide bonds. The summed E-state index contributed by atoms with van der Waals surface area (Å²) >= 11 is 0. The first-order chi connectivity index (χ1) is 8.65. The Labute approximate surface area is 111 Å². The van der Waals surface area contributed by atoms with Crippen LogP contribution >= 0.6 is 0 Å². The molecule has 0 bridgehead atoms. The Morgan fingerprint density at radius 2 is 2.06 bits per heavy atom. The van der Waals surface area contributed by atoms with E-state index in [0.717, 1.165) is 6.42 Å². The van der Waals surface area contributed by atoms with E-state index in [1.165, 1.54) is 32.1 Å². The van der Waals surface area contributed by atoms with Crippen molar-refractivity contribution in [2.75, 3.05) is 13.7 Å². The predicted molar refractivity (Wildman–Crippen MR) is 73.3 cm³/mol. The van der Waals surface area contributed by atoms with Crippen LogP contribution in [0, 0.1) is 5.92 Å². The zero-order chi connectivity index (χ0) is 13.4. The number of hydrogen-bond donors (Lipinski definition) is 2. The Hall–Kier alpha value is -0.610. The van der Waals surface area contributed by atoms with Crippen LogP contribution in [0.5, 0.6) is 0 Å². The lowest BCUT2D eigenvalue weighted by molar-refractivity contribution is -0.123. The Morgan fingerprint density at radius 3 is 2.67 bits per heavy atom. The number of nitrogens with two attached hydrogens (primary N) is 1. The average Bonchev–Trinajstić information content (AvgIpc) is 2.39. The highest BCUT2D eigenvalue weighted by molar-refractivity contribution is 5.81. The number of ether oxygens (including phenoxy) is 1. The lowest BCUT2D eigenvalue weighted by atomic mass is 9.84. The third kappa shape index (κ3) is 5.36. The van der Waals surface area contributed by atoms with Crippen molar-refractivity contribution in [1.82, 2.24) is 5.32 Å². The third-order valence-electron chi connectivity index (χ3n) is 3.93. The zero-order valence-electron chi connectivity index (χ0n) is 11.8. The van der Waals surface area contributed by atoms with Gasteiger partial charge in [0.05, 0.1) is 6.04 Å². The van der Waals surface area contributed by atoms with E-state index < -0.39 is 6.04 Å². The number of rotatable bonds is 7. The summed E-state index contributed by atoms with van der Waals surface area (Å²) in [4.78, 5) is 11.9. The molecule has 3 N–H and O–H groups in total. The molecule has 106 valence electrons. The van der Waals surface area contributed by atoms with Crippen molar-refractivity contribution in [2.24, 2.45) is 11.7 Å². The highest BCUT2D eigenvalue weighted by Crippen LogP contribution is 2.26. The molecule has 4 heteroatoms. The van der Waals surface area contributed by atoms with Crippen LogP contribution in [-0.4, -0.2) is 31.7 Å². The maximum absolute atomic E-state index is 11.9. The number of hydrogen-bond acceptors (Lipinski definition) is 3. The maximum atomic E-state index is 11.9. The summed E-state index contributed by atoms with van der Waals surface area (Å²) in [6, 6.07) is -0.141. The van der Waals surface area contributed by atoms with Gasteiger partial charge in [0.25, 0.3) is 0 Å². The van der Waals surface area contributed by atoms with E-state index in [1.54, 1.807) is 7.11 Å². The van der Waals surface area contributed by atoms with E-state index in [4.69, 9.17) is 10.5 Å². The van der Waals surface area contributed by atoms with Gasteiger partial charge in [0.2, 0.25) is 5.91 Å². The van der Waals surface area contributed by atoms with Gasteiger partial charge in [-0.3, -0.25) is 4.79 Å². The quantitative estimate of drug-likeness (QED) is 0.683. The van der Waals surface area contributed by atoms with Crippen molar-refractivity contribution < 1.29 is 9.53 Å². The Balaban J connectivity index is 2.24. The summed E-state index contributed by atoms with van der Waals surface area (Å²) in [5.41, 5.74) is 5.87. The molecule has 1 rings (SSSR count). The molecule has 1 unspecified atom stereocenters. The van der Waals surface area contributed by atoms with E-state index in [-0.39, 0.29) is 11.9 Å². The predicted octanol–water partition coefficient (Wildman–Crippen LogP) is 1.83. The molecular weight excluding hydrogens is 228 g/mol. The molecule has 18 heavy (non-hydrogen) atoms. The Kier molecular flexibility index (Phi) is 7.28. The molecule has 0 aromatic carbocycles. The summed E-state index contributed by atoms with van der Waals surface area (Å²) in [6.45, 7) is 2.77. The smallest absolute Gasteiger partial charge is 0.237 e. The first kappa shape index (κ1) is 15.4. The third-order valence-corrected chi connectivity index (χ3v) is 3.93. The van der Waals surface area contributed by atoms with Crippen molar-refractivity contribution in [1.29, 1.82) is 0 Å². The lowest BCUT2D eigenvalue weighted by Crippen LogP contribution is -2.47. The van der Waals surface area contributed by atoms with Crippen LogP contribution in [0.4, 0.5) is 0 Å². The second-order valence-corrected chi connectivity index (χ2v) is 5.44. The summed E-state index contributed by atoms with van der Waals surface area (Å²) in [5.74, 6) is 0.623. The van der Waals surface area contributed by atoms with Crippen LogP contribution in [0.25, 0.3) is 0 Å². The van der Waals surface area contributed by atoms with Crippen molar-refractivity contribution in [3.05, 3.63) is 0 Å². The van der Waals surface area contributed by atoms with Gasteiger partial charge >= 0.3 is 0 Å². The monoisotopic (exact) mass is 256 g/mol. The van der Waals surface area contributed by atoms with Crippen molar-refractivity contribution in [3.8, 4) is 0 Å². The molecular formula is C14H28N2O2. The molecule has 0 saturated heterocycles. The van der Waals surface area contributed by atoms with Crippen molar-refractivity contribution >= 4 is 5.91 Å². The number of methoxy groups -OCH3 is 1. The number of amides is 1. The van der Waals surface area contributed by atoms with E-state index >= 15 is 0 Å². The van der Waals surface area contributed by atoms with Gasteiger partial charge in [-0.2, -0.15) is 0 Å². The normalized spacial score (nSPS) is 20.4. The number of nitrogens with one attached hydrogen (secondary N) is 1. The summed E-state index contributed by atoms with van der Waals surface area (Å²) in [6.07, 6.45) is 7.93. The molecule has 1 aliphatic rings. The van der Waals surface area contributed by atoms with Crippen molar-refractivity contribution in [3.63, 3.8) is 0 Å². The molecule has 1 saturated carbocycles. The average molecular weight is 256 g/mol. The number of carbonyl (C=O) groups is 1. The fourth-order valence-corrected chi connectivity index (χ4v) is 2.66. The van der Waals surface area contributed by atoms with Gasteiger partial charge in [-0.05, 0) is 38.5 Å².